The number of rotatable bonds is 6. The molecule has 3 aliphatic rings. The van der Waals surface area contributed by atoms with E-state index in [2.05, 4.69) is 5.32 Å². The molecule has 0 radical (unpaired) electrons. The van der Waals surface area contributed by atoms with Crippen molar-refractivity contribution in [2.24, 2.45) is 11.3 Å². The second-order valence-corrected chi connectivity index (χ2v) is 11.1. The molecular weight excluding hydrogens is 478 g/mol. The quantitative estimate of drug-likeness (QED) is 0.611. The Kier molecular flexibility index (Phi) is 8.01. The van der Waals surface area contributed by atoms with E-state index in [0.29, 0.717) is 30.8 Å². The molecule has 2 aliphatic heterocycles. The van der Waals surface area contributed by atoms with Crippen molar-refractivity contribution in [2.75, 3.05) is 32.8 Å². The largest absolute Gasteiger partial charge is 0.494 e. The van der Waals surface area contributed by atoms with Gasteiger partial charge in [0.1, 0.15) is 5.75 Å². The number of ether oxygens (including phenoxy) is 1. The number of nitrogens with zero attached hydrogens (tertiary/aromatic N) is 2. The zero-order chi connectivity index (χ0) is 26.5. The number of amides is 3. The lowest BCUT2D eigenvalue weighted by Crippen LogP contribution is -2.50. The maximum Gasteiger partial charge on any atom is 0.253 e. The van der Waals surface area contributed by atoms with Crippen LogP contribution in [0.5, 0.6) is 5.75 Å². The molecule has 1 spiro atoms. The maximum absolute atomic E-state index is 13.7. The summed E-state index contributed by atoms with van der Waals surface area (Å²) in [5, 5.41) is 3.17. The van der Waals surface area contributed by atoms with Gasteiger partial charge in [0.15, 0.2) is 0 Å². The van der Waals surface area contributed by atoms with Crippen molar-refractivity contribution in [3.05, 3.63) is 65.7 Å². The van der Waals surface area contributed by atoms with Gasteiger partial charge in [0.2, 0.25) is 5.91 Å². The molecule has 3 amide bonds. The Hall–Kier alpha value is -3.35. The van der Waals surface area contributed by atoms with Crippen LogP contribution in [0.1, 0.15) is 72.6 Å². The molecule has 0 unspecified atom stereocenters. The number of hydrogen-bond acceptors (Lipinski definition) is 4. The van der Waals surface area contributed by atoms with Crippen LogP contribution in [0.15, 0.2) is 54.6 Å². The molecule has 0 aromatic heterocycles. The molecule has 1 N–H and O–H groups in total. The molecule has 2 heterocycles. The summed E-state index contributed by atoms with van der Waals surface area (Å²) in [4.78, 5) is 43.5. The topological polar surface area (TPSA) is 79.0 Å². The molecule has 1 aliphatic carbocycles. The van der Waals surface area contributed by atoms with Gasteiger partial charge in [0.05, 0.1) is 12.5 Å². The molecule has 5 rings (SSSR count). The van der Waals surface area contributed by atoms with Crippen LogP contribution >= 0.6 is 0 Å². The van der Waals surface area contributed by atoms with Crippen molar-refractivity contribution in [1.82, 2.24) is 15.1 Å². The predicted molar refractivity (Wildman–Crippen MR) is 146 cm³/mol. The number of likely N-dealkylation sites (tertiary alicyclic amines) is 2. The SMILES string of the molecule is CCOc1ccc(C(=O)N2CCC3(CC2)CCN(C(=O)[C@H]2CCCC[C@H]2NC(=O)c2ccccc2)C3)cc1. The van der Waals surface area contributed by atoms with Gasteiger partial charge in [-0.3, -0.25) is 14.4 Å². The zero-order valence-electron chi connectivity index (χ0n) is 22.4. The third-order valence-electron chi connectivity index (χ3n) is 8.71. The van der Waals surface area contributed by atoms with E-state index in [4.69, 9.17) is 4.74 Å². The minimum Gasteiger partial charge on any atom is -0.494 e. The molecular formula is C31H39N3O4. The molecule has 202 valence electrons. The first-order chi connectivity index (χ1) is 18.5. The highest BCUT2D eigenvalue weighted by atomic mass is 16.5. The van der Waals surface area contributed by atoms with Gasteiger partial charge in [0.25, 0.3) is 11.8 Å². The minimum atomic E-state index is -0.159. The van der Waals surface area contributed by atoms with Gasteiger partial charge >= 0.3 is 0 Å². The molecule has 38 heavy (non-hydrogen) atoms. The molecule has 7 heteroatoms. The monoisotopic (exact) mass is 517 g/mol. The van der Waals surface area contributed by atoms with Gasteiger partial charge in [-0.15, -0.1) is 0 Å². The zero-order valence-corrected chi connectivity index (χ0v) is 22.4. The lowest BCUT2D eigenvalue weighted by atomic mass is 9.77. The summed E-state index contributed by atoms with van der Waals surface area (Å²) in [7, 11) is 0. The molecule has 2 aromatic rings. The Bertz CT molecular complexity index is 1130. The molecule has 2 aromatic carbocycles. The number of carbonyl (C=O) groups excluding carboxylic acids is 3. The van der Waals surface area contributed by atoms with E-state index in [-0.39, 0.29) is 35.1 Å². The lowest BCUT2D eigenvalue weighted by Gasteiger charge is -2.40. The predicted octanol–water partition coefficient (Wildman–Crippen LogP) is 4.53. The number of carbonyl (C=O) groups is 3. The Morgan fingerprint density at radius 2 is 1.53 bits per heavy atom. The summed E-state index contributed by atoms with van der Waals surface area (Å²) in [6.45, 7) is 5.50. The highest BCUT2D eigenvalue weighted by Crippen LogP contribution is 2.42. The first-order valence-electron chi connectivity index (χ1n) is 14.1. The first kappa shape index (κ1) is 26.3. The van der Waals surface area contributed by atoms with Gasteiger partial charge in [-0.2, -0.15) is 0 Å². The Balaban J connectivity index is 1.16. The van der Waals surface area contributed by atoms with E-state index in [0.717, 1.165) is 63.8 Å². The smallest absolute Gasteiger partial charge is 0.253 e. The van der Waals surface area contributed by atoms with Crippen LogP contribution in [0.25, 0.3) is 0 Å². The highest BCUT2D eigenvalue weighted by molar-refractivity contribution is 5.95. The van der Waals surface area contributed by atoms with Gasteiger partial charge < -0.3 is 19.9 Å². The van der Waals surface area contributed by atoms with Gasteiger partial charge in [-0.1, -0.05) is 31.0 Å². The minimum absolute atomic E-state index is 0.0630. The number of nitrogens with one attached hydrogen (secondary N) is 1. The van der Waals surface area contributed by atoms with Gasteiger partial charge in [0, 0.05) is 43.3 Å². The van der Waals surface area contributed by atoms with Crippen LogP contribution in [0.2, 0.25) is 0 Å². The fourth-order valence-electron chi connectivity index (χ4n) is 6.43. The molecule has 2 atom stereocenters. The summed E-state index contributed by atoms with van der Waals surface area (Å²) >= 11 is 0. The van der Waals surface area contributed by atoms with Crippen molar-refractivity contribution in [3.8, 4) is 5.75 Å². The maximum atomic E-state index is 13.7. The van der Waals surface area contributed by atoms with Crippen molar-refractivity contribution in [1.29, 1.82) is 0 Å². The van der Waals surface area contributed by atoms with E-state index < -0.39 is 0 Å². The van der Waals surface area contributed by atoms with Crippen LogP contribution in [-0.2, 0) is 4.79 Å². The van der Waals surface area contributed by atoms with E-state index in [1.165, 1.54) is 0 Å². The molecule has 1 saturated carbocycles. The highest BCUT2D eigenvalue weighted by Gasteiger charge is 2.45. The second kappa shape index (κ2) is 11.6. The standard InChI is InChI=1S/C31H39N3O4/c1-2-38-25-14-12-24(13-15-25)29(36)33-19-16-31(17-20-33)18-21-34(22-31)30(37)26-10-6-7-11-27(26)32-28(35)23-8-4-3-5-9-23/h3-5,8-9,12-15,26-27H,2,6-7,10-11,16-22H2,1H3,(H,32,35)/t26-,27+/m0/s1. The molecule has 0 bridgehead atoms. The van der Waals surface area contributed by atoms with Crippen LogP contribution < -0.4 is 10.1 Å². The third-order valence-corrected chi connectivity index (χ3v) is 8.71. The van der Waals surface area contributed by atoms with Crippen LogP contribution in [0.4, 0.5) is 0 Å². The Morgan fingerprint density at radius 1 is 0.868 bits per heavy atom. The summed E-state index contributed by atoms with van der Waals surface area (Å²) < 4.78 is 5.49. The van der Waals surface area contributed by atoms with Crippen molar-refractivity contribution >= 4 is 17.7 Å². The Labute approximate surface area is 225 Å². The van der Waals surface area contributed by atoms with E-state index in [1.54, 1.807) is 0 Å². The van der Waals surface area contributed by atoms with E-state index in [9.17, 15) is 14.4 Å². The first-order valence-corrected chi connectivity index (χ1v) is 14.1. The summed E-state index contributed by atoms with van der Waals surface area (Å²) in [5.74, 6) is 0.767. The summed E-state index contributed by atoms with van der Waals surface area (Å²) in [6.07, 6.45) is 6.54. The third kappa shape index (κ3) is 5.71. The lowest BCUT2D eigenvalue weighted by molar-refractivity contribution is -0.136. The van der Waals surface area contributed by atoms with Gasteiger partial charge in [-0.05, 0) is 80.8 Å². The fraction of sp³-hybridized carbons (Fsp3) is 0.516. The van der Waals surface area contributed by atoms with Crippen molar-refractivity contribution in [3.63, 3.8) is 0 Å². The molecule has 7 nitrogen and oxygen atoms in total. The van der Waals surface area contributed by atoms with Crippen LogP contribution in [0.3, 0.4) is 0 Å². The van der Waals surface area contributed by atoms with Crippen LogP contribution in [0, 0.1) is 11.3 Å². The van der Waals surface area contributed by atoms with Crippen molar-refractivity contribution < 1.29 is 19.1 Å². The number of benzene rings is 2. The van der Waals surface area contributed by atoms with Crippen molar-refractivity contribution in [2.45, 2.75) is 57.9 Å². The number of piperidine rings is 1. The average Bonchev–Trinajstić information content (AvgIpc) is 3.37. The summed E-state index contributed by atoms with van der Waals surface area (Å²) in [5.41, 5.74) is 1.41. The fourth-order valence-corrected chi connectivity index (χ4v) is 6.43. The second-order valence-electron chi connectivity index (χ2n) is 11.1. The molecule has 3 fully saturated rings. The normalized spacial score (nSPS) is 22.8. The van der Waals surface area contributed by atoms with Gasteiger partial charge in [-0.25, -0.2) is 0 Å². The average molecular weight is 518 g/mol. The number of hydrogen-bond donors (Lipinski definition) is 1. The van der Waals surface area contributed by atoms with E-state index in [1.807, 2.05) is 71.3 Å². The molecule has 2 saturated heterocycles. The Morgan fingerprint density at radius 3 is 2.21 bits per heavy atom. The summed E-state index contributed by atoms with van der Waals surface area (Å²) in [6, 6.07) is 16.5. The van der Waals surface area contributed by atoms with E-state index >= 15 is 0 Å². The van der Waals surface area contributed by atoms with Crippen LogP contribution in [-0.4, -0.2) is 66.3 Å².